The van der Waals surface area contributed by atoms with Crippen LogP contribution in [0, 0.1) is 23.7 Å². The van der Waals surface area contributed by atoms with Crippen LogP contribution in [0.1, 0.15) is 57.8 Å². The number of epoxide rings is 4. The van der Waals surface area contributed by atoms with E-state index in [1.54, 1.807) is 11.8 Å². The number of fused-ring (bicyclic) bond motifs is 6. The van der Waals surface area contributed by atoms with Gasteiger partial charge in [-0.05, 0) is 142 Å². The molecule has 8 fully saturated rings. The Morgan fingerprint density at radius 3 is 1.14 bits per heavy atom. The molecule has 4 aromatic rings. The minimum atomic E-state index is -12.7. The molecule has 0 spiro atoms. The van der Waals surface area contributed by atoms with Gasteiger partial charge in [0.2, 0.25) is 0 Å². The van der Waals surface area contributed by atoms with E-state index in [9.17, 15) is 74.3 Å². The van der Waals surface area contributed by atoms with Gasteiger partial charge < -0.3 is 23.7 Å². The summed E-state index contributed by atoms with van der Waals surface area (Å²) in [6.07, 6.45) is -7.41. The smallest absolute Gasteiger partial charge is 0.166 e. The van der Waals surface area contributed by atoms with Crippen molar-refractivity contribution in [3.63, 3.8) is 0 Å². The summed E-state index contributed by atoms with van der Waals surface area (Å²) in [7, 11) is -12.8. The van der Waals surface area contributed by atoms with Crippen molar-refractivity contribution in [2.75, 3.05) is 0 Å². The molecule has 4 aliphatic carbocycles. The molecule has 8 aliphatic rings. The Kier molecular flexibility index (Phi) is 16.4. The molecule has 12 atom stereocenters. The molecule has 4 aromatic carbocycles. The van der Waals surface area contributed by atoms with Crippen molar-refractivity contribution in [2.24, 2.45) is 23.7 Å². The fourth-order valence-electron chi connectivity index (χ4n) is 10.9. The third-order valence-corrected chi connectivity index (χ3v) is 22.1. The summed E-state index contributed by atoms with van der Waals surface area (Å²) < 4.78 is 231. The van der Waals surface area contributed by atoms with Gasteiger partial charge in [-0.1, -0.05) is 66.4 Å². The zero-order valence-corrected chi connectivity index (χ0v) is 42.0. The molecule has 0 radical (unpaired) electrons. The molecule has 25 heteroatoms. The zero-order chi connectivity index (χ0) is 54.2. The van der Waals surface area contributed by atoms with Crippen LogP contribution in [0.15, 0.2) is 140 Å². The summed E-state index contributed by atoms with van der Waals surface area (Å²) in [6, 6.07) is 41.1. The van der Waals surface area contributed by atoms with Crippen molar-refractivity contribution >= 4 is 29.9 Å². The minimum Gasteiger partial charge on any atom is -1.00 e. The van der Waals surface area contributed by atoms with Crippen LogP contribution in [0.5, 0.6) is 0 Å². The average Bonchev–Trinajstić information content (AvgIpc) is 4.19. The second-order valence-corrected chi connectivity index (χ2v) is 26.6. The van der Waals surface area contributed by atoms with Gasteiger partial charge in [-0.3, -0.25) is 0 Å². The van der Waals surface area contributed by atoms with Crippen molar-refractivity contribution in [3.8, 4) is 0 Å². The standard InChI is InChI=1S/C24H19S2.C12H18O2.C9H12O2.C6F17P.FH/c1-4-10-20(11-5-1)25-21-16-18-24(19-17-21)26(22-12-6-2-7-13-22)23-14-8-3-9-15-23;1-3-9-11(13-9)5-7(1)8-2-4-10-12(6-8)14-10;1-4-2-8-9(11-8)5(4)3-7-6(1)10-7;7-1(8,9)4(16,17)24(22,23,5(18,19)2(10,11)12)6(20,21)3(13,14)15;/h1-19H;7-12H,1-6H2;4-9H,1-3H2;;1H/q+1;;;;/p-1. The SMILES string of the molecule is C1C2CC3OC3C2CC2OC12.C1CC2OC2CC1C1CCC2OC2C1.FC(F)(F)C(F)(F)P(F)(F)(C(F)(F)C(F)(F)F)C(F)(F)C(F)(F)F.[F-].c1ccc(Sc2ccc([S+](c3ccccc3)c3ccccc3)cc2)cc1. The molecular formula is C51H49F18O4PS2. The number of halogens is 18. The van der Waals surface area contributed by atoms with Gasteiger partial charge in [0.25, 0.3) is 0 Å². The molecule has 12 rings (SSSR count). The van der Waals surface area contributed by atoms with E-state index in [0.29, 0.717) is 48.8 Å². The largest absolute Gasteiger partial charge is 1.00 e. The Morgan fingerprint density at radius 2 is 0.724 bits per heavy atom. The van der Waals surface area contributed by atoms with Crippen LogP contribution in [-0.4, -0.2) is 84.4 Å². The van der Waals surface area contributed by atoms with Crippen molar-refractivity contribution in [3.05, 3.63) is 115 Å². The van der Waals surface area contributed by atoms with Crippen molar-refractivity contribution < 1.29 is 97.9 Å². The van der Waals surface area contributed by atoms with Crippen molar-refractivity contribution in [2.45, 2.75) is 167 Å². The van der Waals surface area contributed by atoms with Crippen LogP contribution in [-0.2, 0) is 29.8 Å². The van der Waals surface area contributed by atoms with Gasteiger partial charge in [0.15, 0.2) is 14.7 Å². The first-order valence-electron chi connectivity index (χ1n) is 24.1. The van der Waals surface area contributed by atoms with Gasteiger partial charge in [0.05, 0.1) is 59.7 Å². The molecule has 4 nitrogen and oxygen atoms in total. The average molecular weight is 1160 g/mol. The van der Waals surface area contributed by atoms with E-state index in [-0.39, 0.29) is 15.6 Å². The van der Waals surface area contributed by atoms with Gasteiger partial charge in [-0.2, -0.15) is 0 Å². The number of hydrogen-bond acceptors (Lipinski definition) is 5. The number of alkyl halides is 15. The first-order valence-corrected chi connectivity index (χ1v) is 28.2. The monoisotopic (exact) mass is 1160 g/mol. The molecule has 12 unspecified atom stereocenters. The number of hydrogen-bond donors (Lipinski definition) is 0. The Hall–Kier alpha value is -3.41. The maximum atomic E-state index is 13.4. The topological polar surface area (TPSA) is 50.1 Å². The summed E-state index contributed by atoms with van der Waals surface area (Å²) in [4.78, 5) is 6.58. The normalized spacial score (nSPS) is 30.6. The molecule has 0 bridgehead atoms. The second-order valence-electron chi connectivity index (χ2n) is 19.9. The summed E-state index contributed by atoms with van der Waals surface area (Å²) in [6.45, 7) is 0. The fraction of sp³-hybridized carbons (Fsp3) is 0.529. The third kappa shape index (κ3) is 11.1. The summed E-state index contributed by atoms with van der Waals surface area (Å²) in [5, 5.41) is 0. The van der Waals surface area contributed by atoms with Crippen LogP contribution >= 0.6 is 19.0 Å². The third-order valence-electron chi connectivity index (χ3n) is 15.2. The molecular weight excluding hydrogens is 1110 g/mol. The first kappa shape index (κ1) is 58.7. The summed E-state index contributed by atoms with van der Waals surface area (Å²) in [5.41, 5.74) is -27.1. The van der Waals surface area contributed by atoms with Gasteiger partial charge in [0, 0.05) is 9.79 Å². The van der Waals surface area contributed by atoms with Crippen LogP contribution in [0.2, 0.25) is 0 Å². The van der Waals surface area contributed by atoms with E-state index < -0.39 is 42.7 Å². The maximum Gasteiger partial charge on any atom is 0.166 e. The van der Waals surface area contributed by atoms with Crippen LogP contribution in [0.3, 0.4) is 0 Å². The van der Waals surface area contributed by atoms with E-state index in [2.05, 4.69) is 115 Å². The number of benzene rings is 4. The molecule has 4 heterocycles. The summed E-state index contributed by atoms with van der Waals surface area (Å²) in [5.74, 6) is 3.76. The van der Waals surface area contributed by atoms with E-state index in [1.807, 2.05) is 0 Å². The first-order chi connectivity index (χ1) is 35.0. The molecule has 4 aliphatic heterocycles. The Bertz CT molecular complexity index is 2440. The molecule has 76 heavy (non-hydrogen) atoms. The fourth-order valence-corrected chi connectivity index (χ4v) is 16.2. The van der Waals surface area contributed by atoms with Crippen molar-refractivity contribution in [1.29, 1.82) is 0 Å². The van der Waals surface area contributed by atoms with Crippen LogP contribution in [0.25, 0.3) is 0 Å². The predicted molar refractivity (Wildman–Crippen MR) is 244 cm³/mol. The summed E-state index contributed by atoms with van der Waals surface area (Å²) >= 11 is 1.80. The minimum absolute atomic E-state index is 0. The van der Waals surface area contributed by atoms with Gasteiger partial charge in [-0.15, -0.1) is 0 Å². The Balaban J connectivity index is 0.000000139. The number of ether oxygens (including phenoxy) is 4. The van der Waals surface area contributed by atoms with Crippen LogP contribution in [0.4, 0.5) is 74.3 Å². The maximum absolute atomic E-state index is 13.4. The Morgan fingerprint density at radius 1 is 0.382 bits per heavy atom. The van der Waals surface area contributed by atoms with E-state index in [0.717, 1.165) is 23.7 Å². The number of rotatable bonds is 9. The van der Waals surface area contributed by atoms with E-state index >= 15 is 0 Å². The second kappa shape index (κ2) is 21.2. The molecule has 0 amide bonds. The molecule has 0 aromatic heterocycles. The predicted octanol–water partition coefficient (Wildman–Crippen LogP) is 13.8. The quantitative estimate of drug-likeness (QED) is 0.0723. The zero-order valence-electron chi connectivity index (χ0n) is 39.5. The van der Waals surface area contributed by atoms with E-state index in [4.69, 9.17) is 18.9 Å². The Labute approximate surface area is 432 Å². The van der Waals surface area contributed by atoms with Gasteiger partial charge in [0.1, 0.15) is 0 Å². The molecule has 420 valence electrons. The molecule has 4 saturated heterocycles. The van der Waals surface area contributed by atoms with E-state index in [1.165, 1.54) is 82.3 Å². The van der Waals surface area contributed by atoms with Gasteiger partial charge >= 0.3 is 117 Å². The van der Waals surface area contributed by atoms with Gasteiger partial charge in [-0.25, -0.2) is 0 Å². The molecule has 4 saturated carbocycles. The van der Waals surface area contributed by atoms with Crippen molar-refractivity contribution in [1.82, 2.24) is 0 Å². The molecule has 0 N–H and O–H groups in total. The van der Waals surface area contributed by atoms with Crippen LogP contribution < -0.4 is 4.70 Å².